The Balaban J connectivity index is 1.17. The number of carboxylic acid groups (broad SMARTS) is 1. The SMILES string of the molecule is Cn1nc(C(=O)O)cc1NC(=O)CCCCNC(=O)OCC1c2ccccc2-c2ccccc21. The van der Waals surface area contributed by atoms with E-state index in [0.717, 1.165) is 11.1 Å². The maximum Gasteiger partial charge on any atom is 0.407 e. The number of nitrogens with one attached hydrogen (secondary N) is 2. The number of anilines is 1. The van der Waals surface area contributed by atoms with Gasteiger partial charge in [0.2, 0.25) is 5.91 Å². The van der Waals surface area contributed by atoms with E-state index in [1.54, 1.807) is 7.05 Å². The van der Waals surface area contributed by atoms with Crippen LogP contribution in [-0.4, -0.2) is 46.0 Å². The summed E-state index contributed by atoms with van der Waals surface area (Å²) in [5.74, 6) is -1.08. The second-order valence-corrected chi connectivity index (χ2v) is 8.10. The number of ether oxygens (including phenoxy) is 1. The number of rotatable bonds is 9. The second kappa shape index (κ2) is 10.2. The molecule has 9 nitrogen and oxygen atoms in total. The Bertz CT molecular complexity index is 1170. The molecule has 0 saturated heterocycles. The van der Waals surface area contributed by atoms with Crippen LogP contribution < -0.4 is 10.6 Å². The molecule has 3 N–H and O–H groups in total. The third kappa shape index (κ3) is 5.09. The highest BCUT2D eigenvalue weighted by atomic mass is 16.5. The molecule has 1 aliphatic carbocycles. The minimum absolute atomic E-state index is 0.00971. The molecule has 0 fully saturated rings. The number of nitrogens with zero attached hydrogens (tertiary/aromatic N) is 2. The standard InChI is InChI=1S/C25H26N4O5/c1-29-22(14-21(28-29)24(31)32)27-23(30)12-6-7-13-26-25(33)34-15-20-18-10-4-2-8-16(18)17-9-3-5-11-19(17)20/h2-5,8-11,14,20H,6-7,12-13,15H2,1H3,(H,26,33)(H,27,30)(H,31,32). The minimum Gasteiger partial charge on any atom is -0.476 e. The number of aromatic nitrogens is 2. The summed E-state index contributed by atoms with van der Waals surface area (Å²) in [5.41, 5.74) is 4.54. The first-order chi connectivity index (χ1) is 16.4. The Morgan fingerprint density at radius 1 is 1.03 bits per heavy atom. The Kier molecular flexibility index (Phi) is 6.91. The molecule has 0 radical (unpaired) electrons. The molecule has 176 valence electrons. The summed E-state index contributed by atoms with van der Waals surface area (Å²) >= 11 is 0. The van der Waals surface area contributed by atoms with Crippen LogP contribution in [-0.2, 0) is 16.6 Å². The molecule has 0 unspecified atom stereocenters. The molecular formula is C25H26N4O5. The van der Waals surface area contributed by atoms with Crippen molar-refractivity contribution < 1.29 is 24.2 Å². The molecule has 9 heteroatoms. The smallest absolute Gasteiger partial charge is 0.407 e. The molecule has 34 heavy (non-hydrogen) atoms. The van der Waals surface area contributed by atoms with Gasteiger partial charge in [-0.15, -0.1) is 0 Å². The molecule has 2 aromatic carbocycles. The Morgan fingerprint density at radius 3 is 2.29 bits per heavy atom. The number of hydrogen-bond donors (Lipinski definition) is 3. The second-order valence-electron chi connectivity index (χ2n) is 8.10. The maximum absolute atomic E-state index is 12.2. The maximum atomic E-state index is 12.2. The molecule has 1 heterocycles. The summed E-state index contributed by atoms with van der Waals surface area (Å²) < 4.78 is 6.80. The highest BCUT2D eigenvalue weighted by molar-refractivity contribution is 5.92. The molecule has 0 spiro atoms. The van der Waals surface area contributed by atoms with Crippen LogP contribution >= 0.6 is 0 Å². The Hall–Kier alpha value is -4.14. The van der Waals surface area contributed by atoms with E-state index in [-0.39, 0.29) is 30.5 Å². The number of aromatic carboxylic acids is 1. The van der Waals surface area contributed by atoms with Gasteiger partial charge in [-0.3, -0.25) is 9.48 Å². The number of aryl methyl sites for hydroxylation is 1. The number of amides is 2. The highest BCUT2D eigenvalue weighted by Crippen LogP contribution is 2.44. The number of alkyl carbamates (subject to hydrolysis) is 1. The normalized spacial score (nSPS) is 12.0. The average Bonchev–Trinajstić information content (AvgIpc) is 3.35. The molecule has 2 amide bonds. The Labute approximate surface area is 196 Å². The topological polar surface area (TPSA) is 123 Å². The van der Waals surface area contributed by atoms with E-state index >= 15 is 0 Å². The third-order valence-electron chi connectivity index (χ3n) is 5.81. The van der Waals surface area contributed by atoms with Gasteiger partial charge < -0.3 is 20.5 Å². The van der Waals surface area contributed by atoms with Crippen molar-refractivity contribution in [3.05, 3.63) is 71.4 Å². The van der Waals surface area contributed by atoms with Crippen molar-refractivity contribution in [2.75, 3.05) is 18.5 Å². The lowest BCUT2D eigenvalue weighted by molar-refractivity contribution is -0.116. The molecule has 0 atom stereocenters. The molecule has 4 rings (SSSR count). The van der Waals surface area contributed by atoms with Crippen LogP contribution in [0.1, 0.15) is 46.8 Å². The van der Waals surface area contributed by atoms with Crippen molar-refractivity contribution in [1.29, 1.82) is 0 Å². The molecule has 3 aromatic rings. The van der Waals surface area contributed by atoms with Gasteiger partial charge in [0.15, 0.2) is 5.69 Å². The fourth-order valence-electron chi connectivity index (χ4n) is 4.14. The summed E-state index contributed by atoms with van der Waals surface area (Å²) in [6.45, 7) is 0.643. The Morgan fingerprint density at radius 2 is 1.68 bits per heavy atom. The summed E-state index contributed by atoms with van der Waals surface area (Å²) in [4.78, 5) is 35.2. The summed E-state index contributed by atoms with van der Waals surface area (Å²) in [6.07, 6.45) is 0.907. The van der Waals surface area contributed by atoms with Gasteiger partial charge >= 0.3 is 12.1 Å². The van der Waals surface area contributed by atoms with Crippen LogP contribution in [0.4, 0.5) is 10.6 Å². The van der Waals surface area contributed by atoms with Crippen LogP contribution in [0, 0.1) is 0 Å². The first-order valence-electron chi connectivity index (χ1n) is 11.1. The fraction of sp³-hybridized carbons (Fsp3) is 0.280. The zero-order chi connectivity index (χ0) is 24.1. The number of benzene rings is 2. The molecule has 0 saturated carbocycles. The molecule has 0 bridgehead atoms. The van der Waals surface area contributed by atoms with Gasteiger partial charge in [-0.25, -0.2) is 9.59 Å². The lowest BCUT2D eigenvalue weighted by Gasteiger charge is -2.14. The van der Waals surface area contributed by atoms with Gasteiger partial charge in [0.25, 0.3) is 0 Å². The first-order valence-corrected chi connectivity index (χ1v) is 11.1. The summed E-state index contributed by atoms with van der Waals surface area (Å²) in [6, 6.07) is 17.6. The van der Waals surface area contributed by atoms with E-state index < -0.39 is 12.1 Å². The zero-order valence-electron chi connectivity index (χ0n) is 18.8. The van der Waals surface area contributed by atoms with Gasteiger partial charge in [-0.2, -0.15) is 5.10 Å². The van der Waals surface area contributed by atoms with Crippen molar-refractivity contribution in [2.45, 2.75) is 25.2 Å². The van der Waals surface area contributed by atoms with Gasteiger partial charge in [0.05, 0.1) is 0 Å². The van der Waals surface area contributed by atoms with E-state index in [4.69, 9.17) is 9.84 Å². The third-order valence-corrected chi connectivity index (χ3v) is 5.81. The van der Waals surface area contributed by atoms with Crippen molar-refractivity contribution in [1.82, 2.24) is 15.1 Å². The largest absolute Gasteiger partial charge is 0.476 e. The number of carbonyl (C=O) groups is 3. The van der Waals surface area contributed by atoms with Crippen LogP contribution in [0.15, 0.2) is 54.6 Å². The molecule has 0 aliphatic heterocycles. The molecule has 1 aliphatic rings. The van der Waals surface area contributed by atoms with Crippen LogP contribution in [0.3, 0.4) is 0 Å². The number of fused-ring (bicyclic) bond motifs is 3. The lowest BCUT2D eigenvalue weighted by Crippen LogP contribution is -2.27. The van der Waals surface area contributed by atoms with Crippen LogP contribution in [0.2, 0.25) is 0 Å². The zero-order valence-corrected chi connectivity index (χ0v) is 18.8. The predicted molar refractivity (Wildman–Crippen MR) is 126 cm³/mol. The van der Waals surface area contributed by atoms with Gasteiger partial charge in [0.1, 0.15) is 12.4 Å². The van der Waals surface area contributed by atoms with E-state index in [1.807, 2.05) is 24.3 Å². The fourth-order valence-corrected chi connectivity index (χ4v) is 4.14. The van der Waals surface area contributed by atoms with Crippen molar-refractivity contribution >= 4 is 23.8 Å². The van der Waals surface area contributed by atoms with Crippen LogP contribution in [0.5, 0.6) is 0 Å². The number of carboxylic acids is 1. The van der Waals surface area contributed by atoms with Gasteiger partial charge in [0, 0.05) is 32.0 Å². The van der Waals surface area contributed by atoms with E-state index in [9.17, 15) is 14.4 Å². The first kappa shape index (κ1) is 23.0. The highest BCUT2D eigenvalue weighted by Gasteiger charge is 2.28. The summed E-state index contributed by atoms with van der Waals surface area (Å²) in [7, 11) is 1.56. The average molecular weight is 463 g/mol. The lowest BCUT2D eigenvalue weighted by atomic mass is 9.98. The van der Waals surface area contributed by atoms with Gasteiger partial charge in [-0.05, 0) is 35.1 Å². The van der Waals surface area contributed by atoms with Crippen molar-refractivity contribution in [3.8, 4) is 11.1 Å². The van der Waals surface area contributed by atoms with Crippen molar-refractivity contribution in [2.24, 2.45) is 7.05 Å². The van der Waals surface area contributed by atoms with E-state index in [0.29, 0.717) is 25.2 Å². The number of hydrogen-bond acceptors (Lipinski definition) is 5. The molecule has 1 aromatic heterocycles. The van der Waals surface area contributed by atoms with E-state index in [1.165, 1.54) is 21.9 Å². The quantitative estimate of drug-likeness (QED) is 0.416. The van der Waals surface area contributed by atoms with E-state index in [2.05, 4.69) is 40.0 Å². The number of carbonyl (C=O) groups excluding carboxylic acids is 2. The van der Waals surface area contributed by atoms with Crippen molar-refractivity contribution in [3.63, 3.8) is 0 Å². The summed E-state index contributed by atoms with van der Waals surface area (Å²) in [5, 5.41) is 18.1. The number of unbranched alkanes of at least 4 members (excludes halogenated alkanes) is 1. The molecular weight excluding hydrogens is 436 g/mol. The minimum atomic E-state index is -1.16. The van der Waals surface area contributed by atoms with Crippen LogP contribution in [0.25, 0.3) is 11.1 Å². The van der Waals surface area contributed by atoms with Gasteiger partial charge in [-0.1, -0.05) is 48.5 Å². The predicted octanol–water partition coefficient (Wildman–Crippen LogP) is 3.77. The monoisotopic (exact) mass is 462 g/mol.